The van der Waals surface area contributed by atoms with Crippen LogP contribution in [0.2, 0.25) is 5.02 Å². The molecule has 5 nitrogen and oxygen atoms in total. The summed E-state index contributed by atoms with van der Waals surface area (Å²) in [6, 6.07) is 24.2. The van der Waals surface area contributed by atoms with Crippen molar-refractivity contribution in [3.05, 3.63) is 105 Å². The topological polar surface area (TPSA) is 58.7 Å². The molecule has 0 saturated heterocycles. The normalized spacial score (nSPS) is 16.3. The Kier molecular flexibility index (Phi) is 4.60. The van der Waals surface area contributed by atoms with Gasteiger partial charge in [-0.05, 0) is 29.3 Å². The van der Waals surface area contributed by atoms with Gasteiger partial charge >= 0.3 is 0 Å². The first-order valence-corrected chi connectivity index (χ1v) is 8.92. The maximum atomic E-state index is 11.2. The average molecular weight is 378 g/mol. The van der Waals surface area contributed by atoms with Gasteiger partial charge in [0, 0.05) is 23.6 Å². The molecule has 1 heterocycles. The summed E-state index contributed by atoms with van der Waals surface area (Å²) in [5.74, 6) is 0. The standard InChI is InChI=1S/C21H16ClN3O2/c22-17-11-9-15(10-12-17)20-14-21(16-5-2-1-3-6-16)24(23-20)18-7-4-8-19(13-18)25(26)27/h1-13,21H,14H2/t21-/m1/s1. The number of benzene rings is 3. The number of non-ortho nitro benzene ring substituents is 1. The Morgan fingerprint density at radius 2 is 1.74 bits per heavy atom. The van der Waals surface area contributed by atoms with E-state index >= 15 is 0 Å². The van der Waals surface area contributed by atoms with Crippen molar-refractivity contribution in [2.45, 2.75) is 12.5 Å². The number of nitro benzene ring substituents is 1. The van der Waals surface area contributed by atoms with Crippen LogP contribution < -0.4 is 5.01 Å². The molecule has 0 bridgehead atoms. The summed E-state index contributed by atoms with van der Waals surface area (Å²) in [5, 5.41) is 18.5. The van der Waals surface area contributed by atoms with Gasteiger partial charge in [0.05, 0.1) is 22.4 Å². The van der Waals surface area contributed by atoms with Crippen molar-refractivity contribution in [2.75, 3.05) is 5.01 Å². The molecule has 1 atom stereocenters. The van der Waals surface area contributed by atoms with Crippen LogP contribution in [-0.4, -0.2) is 10.6 Å². The Hall–Kier alpha value is -3.18. The minimum atomic E-state index is -0.388. The lowest BCUT2D eigenvalue weighted by Crippen LogP contribution is -2.18. The van der Waals surface area contributed by atoms with Gasteiger partial charge in [-0.25, -0.2) is 0 Å². The van der Waals surface area contributed by atoms with Crippen LogP contribution in [0.1, 0.15) is 23.6 Å². The van der Waals surface area contributed by atoms with Crippen LogP contribution in [0.3, 0.4) is 0 Å². The summed E-state index contributed by atoms with van der Waals surface area (Å²) in [4.78, 5) is 10.8. The molecule has 1 aliphatic heterocycles. The Morgan fingerprint density at radius 3 is 2.44 bits per heavy atom. The van der Waals surface area contributed by atoms with Gasteiger partial charge in [0.2, 0.25) is 0 Å². The van der Waals surface area contributed by atoms with Crippen molar-refractivity contribution in [3.63, 3.8) is 0 Å². The molecule has 0 aromatic heterocycles. The first kappa shape index (κ1) is 17.2. The SMILES string of the molecule is O=[N+]([O-])c1cccc(N2N=C(c3ccc(Cl)cc3)C[C@@H]2c2ccccc2)c1. The van der Waals surface area contributed by atoms with Crippen LogP contribution in [0.4, 0.5) is 11.4 Å². The van der Waals surface area contributed by atoms with Crippen LogP contribution in [-0.2, 0) is 0 Å². The van der Waals surface area contributed by atoms with E-state index in [0.717, 1.165) is 16.8 Å². The number of nitrogens with zero attached hydrogens (tertiary/aromatic N) is 3. The average Bonchev–Trinajstić information content (AvgIpc) is 3.15. The predicted octanol–water partition coefficient (Wildman–Crippen LogP) is 5.60. The highest BCUT2D eigenvalue weighted by molar-refractivity contribution is 6.30. The molecular weight excluding hydrogens is 362 g/mol. The van der Waals surface area contributed by atoms with E-state index in [4.69, 9.17) is 16.7 Å². The van der Waals surface area contributed by atoms with Gasteiger partial charge < -0.3 is 0 Å². The quantitative estimate of drug-likeness (QED) is 0.439. The summed E-state index contributed by atoms with van der Waals surface area (Å²) < 4.78 is 0. The van der Waals surface area contributed by atoms with E-state index < -0.39 is 0 Å². The Bertz CT molecular complexity index is 1000. The molecule has 27 heavy (non-hydrogen) atoms. The maximum Gasteiger partial charge on any atom is 0.271 e. The molecule has 0 spiro atoms. The number of anilines is 1. The second-order valence-corrected chi connectivity index (χ2v) is 6.74. The van der Waals surface area contributed by atoms with Gasteiger partial charge in [0.15, 0.2) is 0 Å². The molecule has 0 amide bonds. The molecule has 3 aromatic carbocycles. The van der Waals surface area contributed by atoms with Crippen molar-refractivity contribution in [2.24, 2.45) is 5.10 Å². The molecule has 1 aliphatic rings. The van der Waals surface area contributed by atoms with Crippen molar-refractivity contribution in [1.29, 1.82) is 0 Å². The Labute approximate surface area is 161 Å². The van der Waals surface area contributed by atoms with Crippen LogP contribution in [0.15, 0.2) is 84.0 Å². The summed E-state index contributed by atoms with van der Waals surface area (Å²) in [6.07, 6.45) is 0.703. The Morgan fingerprint density at radius 1 is 1.00 bits per heavy atom. The third-order valence-corrected chi connectivity index (χ3v) is 4.83. The largest absolute Gasteiger partial charge is 0.271 e. The molecule has 0 saturated carbocycles. The molecule has 0 unspecified atom stereocenters. The lowest BCUT2D eigenvalue weighted by molar-refractivity contribution is -0.384. The fraction of sp³-hybridized carbons (Fsp3) is 0.0952. The highest BCUT2D eigenvalue weighted by Gasteiger charge is 2.30. The molecule has 0 aliphatic carbocycles. The zero-order valence-electron chi connectivity index (χ0n) is 14.3. The van der Waals surface area contributed by atoms with Crippen molar-refractivity contribution >= 4 is 28.7 Å². The van der Waals surface area contributed by atoms with Gasteiger partial charge in [0.25, 0.3) is 5.69 Å². The molecule has 3 aromatic rings. The van der Waals surface area contributed by atoms with E-state index in [1.165, 1.54) is 6.07 Å². The fourth-order valence-electron chi connectivity index (χ4n) is 3.25. The van der Waals surface area contributed by atoms with Crippen LogP contribution in [0.25, 0.3) is 0 Å². The van der Waals surface area contributed by atoms with Crippen molar-refractivity contribution in [1.82, 2.24) is 0 Å². The second kappa shape index (κ2) is 7.21. The monoisotopic (exact) mass is 377 g/mol. The van der Waals surface area contributed by atoms with E-state index in [0.29, 0.717) is 17.1 Å². The Balaban J connectivity index is 1.77. The molecular formula is C21H16ClN3O2. The van der Waals surface area contributed by atoms with E-state index in [-0.39, 0.29) is 16.7 Å². The number of hydrogen-bond donors (Lipinski definition) is 0. The molecule has 0 N–H and O–H groups in total. The predicted molar refractivity (Wildman–Crippen MR) is 107 cm³/mol. The number of hydrogen-bond acceptors (Lipinski definition) is 4. The minimum Gasteiger partial charge on any atom is -0.258 e. The maximum absolute atomic E-state index is 11.2. The molecule has 0 fully saturated rings. The molecule has 0 radical (unpaired) electrons. The van der Waals surface area contributed by atoms with Gasteiger partial charge in [0.1, 0.15) is 0 Å². The number of halogens is 1. The van der Waals surface area contributed by atoms with Gasteiger partial charge in [-0.1, -0.05) is 60.1 Å². The highest BCUT2D eigenvalue weighted by Crippen LogP contribution is 2.37. The first-order chi connectivity index (χ1) is 13.1. The summed E-state index contributed by atoms with van der Waals surface area (Å²) in [7, 11) is 0. The van der Waals surface area contributed by atoms with E-state index in [1.54, 1.807) is 12.1 Å². The zero-order chi connectivity index (χ0) is 18.8. The van der Waals surface area contributed by atoms with Gasteiger partial charge in [-0.3, -0.25) is 15.1 Å². The van der Waals surface area contributed by atoms with E-state index in [9.17, 15) is 10.1 Å². The van der Waals surface area contributed by atoms with E-state index in [2.05, 4.69) is 12.1 Å². The lowest BCUT2D eigenvalue weighted by Gasteiger charge is -2.23. The summed E-state index contributed by atoms with van der Waals surface area (Å²) >= 11 is 6.00. The number of hydrazone groups is 1. The third-order valence-electron chi connectivity index (χ3n) is 4.58. The van der Waals surface area contributed by atoms with Crippen LogP contribution >= 0.6 is 11.6 Å². The first-order valence-electron chi connectivity index (χ1n) is 8.54. The van der Waals surface area contributed by atoms with Crippen molar-refractivity contribution in [3.8, 4) is 0 Å². The van der Waals surface area contributed by atoms with Crippen LogP contribution in [0.5, 0.6) is 0 Å². The fourth-order valence-corrected chi connectivity index (χ4v) is 3.38. The molecule has 6 heteroatoms. The molecule has 134 valence electrons. The summed E-state index contributed by atoms with van der Waals surface area (Å²) in [5.41, 5.74) is 3.77. The summed E-state index contributed by atoms with van der Waals surface area (Å²) in [6.45, 7) is 0. The van der Waals surface area contributed by atoms with Crippen LogP contribution in [0, 0.1) is 10.1 Å². The highest BCUT2D eigenvalue weighted by atomic mass is 35.5. The van der Waals surface area contributed by atoms with Crippen molar-refractivity contribution < 1.29 is 4.92 Å². The van der Waals surface area contributed by atoms with Gasteiger partial charge in [-0.15, -0.1) is 0 Å². The molecule has 4 rings (SSSR count). The van der Waals surface area contributed by atoms with E-state index in [1.807, 2.05) is 53.5 Å². The number of nitro groups is 1. The number of rotatable bonds is 4. The lowest BCUT2D eigenvalue weighted by atomic mass is 9.98. The minimum absolute atomic E-state index is 0.0288. The second-order valence-electron chi connectivity index (χ2n) is 6.31. The third kappa shape index (κ3) is 3.55. The van der Waals surface area contributed by atoms with Gasteiger partial charge in [-0.2, -0.15) is 5.10 Å². The zero-order valence-corrected chi connectivity index (χ0v) is 15.1. The smallest absolute Gasteiger partial charge is 0.258 e.